The molecule has 1 aliphatic heterocycles. The Balaban J connectivity index is 1.96. The molecule has 22 heavy (non-hydrogen) atoms. The second kappa shape index (κ2) is 7.49. The van der Waals surface area contributed by atoms with E-state index in [1.807, 2.05) is 30.1 Å². The van der Waals surface area contributed by atoms with Crippen LogP contribution in [0.15, 0.2) is 29.4 Å². The van der Waals surface area contributed by atoms with Crippen molar-refractivity contribution in [3.8, 4) is 11.5 Å². The summed E-state index contributed by atoms with van der Waals surface area (Å²) in [6, 6.07) is 5.16. The van der Waals surface area contributed by atoms with Crippen molar-refractivity contribution in [3.63, 3.8) is 0 Å². The van der Waals surface area contributed by atoms with E-state index in [-0.39, 0.29) is 6.03 Å². The summed E-state index contributed by atoms with van der Waals surface area (Å²) in [5.74, 6) is 2.14. The Morgan fingerprint density at radius 2 is 2.09 bits per heavy atom. The molecule has 6 heteroatoms. The highest BCUT2D eigenvalue weighted by atomic mass is 16.5. The van der Waals surface area contributed by atoms with E-state index in [0.29, 0.717) is 11.5 Å². The predicted octanol–water partition coefficient (Wildman–Crippen LogP) is 2.51. The number of methoxy groups -OCH3 is 2. The third-order valence-electron chi connectivity index (χ3n) is 3.46. The topological polar surface area (TPSA) is 63.2 Å². The SMILES string of the molecule is COc1ccc(C=CNC(=O)N=C2CCCN2C)cc1OC. The molecular weight excluding hydrogens is 282 g/mol. The number of likely N-dealkylation sites (tertiary alicyclic amines) is 1. The molecule has 0 saturated carbocycles. The van der Waals surface area contributed by atoms with Crippen molar-refractivity contribution in [2.45, 2.75) is 12.8 Å². The molecule has 2 amide bonds. The smallest absolute Gasteiger partial charge is 0.346 e. The fraction of sp³-hybridized carbons (Fsp3) is 0.375. The van der Waals surface area contributed by atoms with E-state index in [0.717, 1.165) is 30.8 Å². The van der Waals surface area contributed by atoms with Crippen molar-refractivity contribution >= 4 is 17.9 Å². The molecule has 0 atom stereocenters. The lowest BCUT2D eigenvalue weighted by atomic mass is 10.2. The molecule has 1 aromatic rings. The number of amidine groups is 1. The van der Waals surface area contributed by atoms with Crippen molar-refractivity contribution < 1.29 is 14.3 Å². The van der Waals surface area contributed by atoms with Crippen LogP contribution in [0, 0.1) is 0 Å². The van der Waals surface area contributed by atoms with Gasteiger partial charge in [-0.15, -0.1) is 0 Å². The van der Waals surface area contributed by atoms with E-state index >= 15 is 0 Å². The Morgan fingerprint density at radius 3 is 2.73 bits per heavy atom. The average molecular weight is 303 g/mol. The number of urea groups is 1. The van der Waals surface area contributed by atoms with Crippen molar-refractivity contribution in [2.24, 2.45) is 4.99 Å². The number of hydrogen-bond donors (Lipinski definition) is 1. The van der Waals surface area contributed by atoms with Crippen molar-refractivity contribution in [1.29, 1.82) is 0 Å². The number of nitrogens with zero attached hydrogens (tertiary/aromatic N) is 2. The molecular formula is C16H21N3O3. The van der Waals surface area contributed by atoms with Crippen molar-refractivity contribution in [2.75, 3.05) is 27.8 Å². The lowest BCUT2D eigenvalue weighted by molar-refractivity contribution is 0.252. The first-order chi connectivity index (χ1) is 10.6. The zero-order chi connectivity index (χ0) is 15.9. The Labute approximate surface area is 130 Å². The van der Waals surface area contributed by atoms with Crippen LogP contribution in [0.3, 0.4) is 0 Å². The minimum atomic E-state index is -0.361. The molecule has 1 saturated heterocycles. The summed E-state index contributed by atoms with van der Waals surface area (Å²) < 4.78 is 10.4. The number of nitrogens with one attached hydrogen (secondary N) is 1. The molecule has 0 radical (unpaired) electrons. The number of benzene rings is 1. The van der Waals surface area contributed by atoms with E-state index in [4.69, 9.17) is 9.47 Å². The zero-order valence-electron chi connectivity index (χ0n) is 13.1. The Bertz CT molecular complexity index is 596. The molecule has 0 aliphatic carbocycles. The zero-order valence-corrected chi connectivity index (χ0v) is 13.1. The lowest BCUT2D eigenvalue weighted by Gasteiger charge is -2.10. The fourth-order valence-corrected chi connectivity index (χ4v) is 2.25. The highest BCUT2D eigenvalue weighted by Gasteiger charge is 2.14. The van der Waals surface area contributed by atoms with Crippen LogP contribution < -0.4 is 14.8 Å². The summed E-state index contributed by atoms with van der Waals surface area (Å²) in [5.41, 5.74) is 0.892. The summed E-state index contributed by atoms with van der Waals surface area (Å²) in [4.78, 5) is 17.8. The van der Waals surface area contributed by atoms with Crippen LogP contribution in [0.1, 0.15) is 18.4 Å². The first-order valence-electron chi connectivity index (χ1n) is 7.12. The van der Waals surface area contributed by atoms with Gasteiger partial charge in [-0.25, -0.2) is 4.79 Å². The van der Waals surface area contributed by atoms with Crippen molar-refractivity contribution in [1.82, 2.24) is 10.2 Å². The van der Waals surface area contributed by atoms with Crippen LogP contribution >= 0.6 is 0 Å². The van der Waals surface area contributed by atoms with Gasteiger partial charge in [-0.1, -0.05) is 6.07 Å². The van der Waals surface area contributed by atoms with Crippen molar-refractivity contribution in [3.05, 3.63) is 30.0 Å². The van der Waals surface area contributed by atoms with Gasteiger partial charge in [0.05, 0.1) is 14.2 Å². The van der Waals surface area contributed by atoms with Gasteiger partial charge in [0.2, 0.25) is 0 Å². The molecule has 1 aromatic carbocycles. The van der Waals surface area contributed by atoms with Gasteiger partial charge >= 0.3 is 6.03 Å². The second-order valence-corrected chi connectivity index (χ2v) is 4.95. The molecule has 1 heterocycles. The maximum atomic E-state index is 11.7. The third-order valence-corrected chi connectivity index (χ3v) is 3.46. The third kappa shape index (κ3) is 4.00. The monoisotopic (exact) mass is 303 g/mol. The van der Waals surface area contributed by atoms with Gasteiger partial charge in [-0.3, -0.25) is 0 Å². The van der Waals surface area contributed by atoms with E-state index < -0.39 is 0 Å². The second-order valence-electron chi connectivity index (χ2n) is 4.95. The number of carbonyl (C=O) groups is 1. The van der Waals surface area contributed by atoms with Gasteiger partial charge < -0.3 is 19.7 Å². The summed E-state index contributed by atoms with van der Waals surface area (Å²) in [6.45, 7) is 0.952. The first-order valence-corrected chi connectivity index (χ1v) is 7.12. The van der Waals surface area contributed by atoms with Crippen LogP contribution in [-0.4, -0.2) is 44.6 Å². The quantitative estimate of drug-likeness (QED) is 0.928. The molecule has 0 spiro atoms. The highest BCUT2D eigenvalue weighted by molar-refractivity contribution is 5.95. The van der Waals surface area contributed by atoms with Gasteiger partial charge in [0, 0.05) is 26.2 Å². The summed E-state index contributed by atoms with van der Waals surface area (Å²) in [6.07, 6.45) is 5.24. The predicted molar refractivity (Wildman–Crippen MR) is 86.4 cm³/mol. The van der Waals surface area contributed by atoms with Gasteiger partial charge in [-0.2, -0.15) is 4.99 Å². The molecule has 1 fully saturated rings. The normalized spacial score (nSPS) is 16.3. The minimum absolute atomic E-state index is 0.361. The standard InChI is InChI=1S/C16H21N3O3/c1-19-10-4-5-15(19)18-16(20)17-9-8-12-6-7-13(21-2)14(11-12)22-3/h6-9,11H,4-5,10H2,1-3H3,(H,17,20). The Morgan fingerprint density at radius 1 is 1.32 bits per heavy atom. The molecule has 2 rings (SSSR count). The average Bonchev–Trinajstić information content (AvgIpc) is 2.92. The van der Waals surface area contributed by atoms with Crippen LogP contribution in [0.25, 0.3) is 6.08 Å². The number of hydrogen-bond acceptors (Lipinski definition) is 3. The van der Waals surface area contributed by atoms with Gasteiger partial charge in [0.25, 0.3) is 0 Å². The summed E-state index contributed by atoms with van der Waals surface area (Å²) in [5, 5.41) is 2.64. The summed E-state index contributed by atoms with van der Waals surface area (Å²) >= 11 is 0. The number of carbonyl (C=O) groups excluding carboxylic acids is 1. The van der Waals surface area contributed by atoms with Crippen LogP contribution in [0.4, 0.5) is 4.79 Å². The van der Waals surface area contributed by atoms with E-state index in [9.17, 15) is 4.79 Å². The molecule has 6 nitrogen and oxygen atoms in total. The Kier molecular flexibility index (Phi) is 5.41. The number of rotatable bonds is 4. The van der Waals surface area contributed by atoms with Gasteiger partial charge in [-0.05, 0) is 30.2 Å². The largest absolute Gasteiger partial charge is 0.493 e. The van der Waals surface area contributed by atoms with Gasteiger partial charge in [0.15, 0.2) is 11.5 Å². The van der Waals surface area contributed by atoms with E-state index in [1.165, 1.54) is 0 Å². The Hall–Kier alpha value is -2.50. The van der Waals surface area contributed by atoms with Gasteiger partial charge in [0.1, 0.15) is 5.84 Å². The fourth-order valence-electron chi connectivity index (χ4n) is 2.25. The van der Waals surface area contributed by atoms with Crippen LogP contribution in [-0.2, 0) is 0 Å². The molecule has 1 aliphatic rings. The highest BCUT2D eigenvalue weighted by Crippen LogP contribution is 2.27. The summed E-state index contributed by atoms with van der Waals surface area (Å²) in [7, 11) is 5.12. The molecule has 0 aromatic heterocycles. The maximum Gasteiger partial charge on any atom is 0.346 e. The van der Waals surface area contributed by atoms with Crippen LogP contribution in [0.2, 0.25) is 0 Å². The van der Waals surface area contributed by atoms with Crippen LogP contribution in [0.5, 0.6) is 11.5 Å². The molecule has 0 bridgehead atoms. The number of ether oxygens (including phenoxy) is 2. The minimum Gasteiger partial charge on any atom is -0.493 e. The number of aliphatic imine (C=N–C) groups is 1. The first kappa shape index (κ1) is 15.9. The maximum absolute atomic E-state index is 11.7. The lowest BCUT2D eigenvalue weighted by Crippen LogP contribution is -2.23. The number of amides is 2. The van der Waals surface area contributed by atoms with E-state index in [1.54, 1.807) is 26.5 Å². The molecule has 118 valence electrons. The molecule has 1 N–H and O–H groups in total. The van der Waals surface area contributed by atoms with E-state index in [2.05, 4.69) is 10.3 Å². The molecule has 0 unspecified atom stereocenters.